The van der Waals surface area contributed by atoms with Crippen LogP contribution in [-0.2, 0) is 0 Å². The zero-order valence-electron chi connectivity index (χ0n) is 16.1. The standard InChI is InChI=1S/C21H26FN5O/c1-23-21(25-12-11-24-20(28)17-5-3-2-4-6-17)27-15-13-26(14-16-27)19-9-7-18(22)8-10-19/h2-10H,11-16H2,1H3,(H,23,25)(H,24,28). The van der Waals surface area contributed by atoms with Crippen molar-refractivity contribution in [1.29, 1.82) is 0 Å². The van der Waals surface area contributed by atoms with Crippen molar-refractivity contribution < 1.29 is 9.18 Å². The number of guanidine groups is 1. The molecule has 7 heteroatoms. The van der Waals surface area contributed by atoms with Crippen molar-refractivity contribution in [2.24, 2.45) is 4.99 Å². The molecule has 1 aliphatic heterocycles. The molecule has 0 unspecified atom stereocenters. The molecule has 2 N–H and O–H groups in total. The third kappa shape index (κ3) is 5.22. The highest BCUT2D eigenvalue weighted by Gasteiger charge is 2.19. The van der Waals surface area contributed by atoms with E-state index in [4.69, 9.17) is 0 Å². The number of carbonyl (C=O) groups excluding carboxylic acids is 1. The van der Waals surface area contributed by atoms with E-state index in [1.54, 1.807) is 19.2 Å². The smallest absolute Gasteiger partial charge is 0.251 e. The second kappa shape index (κ2) is 9.73. The van der Waals surface area contributed by atoms with Gasteiger partial charge in [0.2, 0.25) is 0 Å². The molecule has 28 heavy (non-hydrogen) atoms. The summed E-state index contributed by atoms with van der Waals surface area (Å²) in [5.41, 5.74) is 1.69. The van der Waals surface area contributed by atoms with Crippen molar-refractivity contribution >= 4 is 17.6 Å². The molecule has 1 heterocycles. The molecule has 3 rings (SSSR count). The van der Waals surface area contributed by atoms with Crippen molar-refractivity contribution in [2.75, 3.05) is 51.2 Å². The minimum Gasteiger partial charge on any atom is -0.368 e. The van der Waals surface area contributed by atoms with Crippen LogP contribution in [-0.4, -0.2) is 63.1 Å². The molecule has 0 aromatic heterocycles. The highest BCUT2D eigenvalue weighted by molar-refractivity contribution is 5.94. The molecular formula is C21H26FN5O. The molecule has 1 aliphatic rings. The van der Waals surface area contributed by atoms with Crippen LogP contribution in [0.1, 0.15) is 10.4 Å². The largest absolute Gasteiger partial charge is 0.368 e. The Balaban J connectivity index is 1.41. The summed E-state index contributed by atoms with van der Waals surface area (Å²) in [4.78, 5) is 20.8. The van der Waals surface area contributed by atoms with Crippen molar-refractivity contribution in [3.05, 3.63) is 66.0 Å². The molecule has 6 nitrogen and oxygen atoms in total. The minimum atomic E-state index is -0.216. The second-order valence-corrected chi connectivity index (χ2v) is 6.55. The predicted octanol–water partition coefficient (Wildman–Crippen LogP) is 1.95. The predicted molar refractivity (Wildman–Crippen MR) is 110 cm³/mol. The van der Waals surface area contributed by atoms with Gasteiger partial charge in [-0.3, -0.25) is 9.79 Å². The van der Waals surface area contributed by atoms with E-state index in [1.165, 1.54) is 12.1 Å². The van der Waals surface area contributed by atoms with Gasteiger partial charge in [-0.2, -0.15) is 0 Å². The Labute approximate surface area is 165 Å². The Morgan fingerprint density at radius 2 is 1.61 bits per heavy atom. The third-order valence-corrected chi connectivity index (χ3v) is 4.71. The number of hydrogen-bond acceptors (Lipinski definition) is 3. The number of amides is 1. The number of benzene rings is 2. The number of carbonyl (C=O) groups is 1. The molecule has 1 fully saturated rings. The van der Waals surface area contributed by atoms with Crippen LogP contribution < -0.4 is 15.5 Å². The average molecular weight is 383 g/mol. The molecule has 2 aromatic carbocycles. The fourth-order valence-corrected chi connectivity index (χ4v) is 3.20. The number of nitrogens with zero attached hydrogens (tertiary/aromatic N) is 3. The number of halogens is 1. The number of rotatable bonds is 5. The van der Waals surface area contributed by atoms with Gasteiger partial charge in [0, 0.05) is 57.6 Å². The first-order valence-corrected chi connectivity index (χ1v) is 9.47. The van der Waals surface area contributed by atoms with Gasteiger partial charge in [-0.15, -0.1) is 0 Å². The zero-order valence-corrected chi connectivity index (χ0v) is 16.1. The van der Waals surface area contributed by atoms with Crippen molar-refractivity contribution in [3.63, 3.8) is 0 Å². The fourth-order valence-electron chi connectivity index (χ4n) is 3.20. The van der Waals surface area contributed by atoms with Gasteiger partial charge >= 0.3 is 0 Å². The lowest BCUT2D eigenvalue weighted by Crippen LogP contribution is -2.53. The molecule has 0 atom stereocenters. The number of anilines is 1. The van der Waals surface area contributed by atoms with E-state index < -0.39 is 0 Å². The Hall–Kier alpha value is -3.09. The summed E-state index contributed by atoms with van der Waals surface area (Å²) < 4.78 is 13.1. The molecule has 148 valence electrons. The summed E-state index contributed by atoms with van der Waals surface area (Å²) in [6.07, 6.45) is 0. The first kappa shape index (κ1) is 19.7. The monoisotopic (exact) mass is 383 g/mol. The quantitative estimate of drug-likeness (QED) is 0.471. The van der Waals surface area contributed by atoms with Crippen LogP contribution in [0.3, 0.4) is 0 Å². The lowest BCUT2D eigenvalue weighted by molar-refractivity contribution is 0.0954. The van der Waals surface area contributed by atoms with Gasteiger partial charge in [0.05, 0.1) is 0 Å². The summed E-state index contributed by atoms with van der Waals surface area (Å²) >= 11 is 0. The normalized spacial score (nSPS) is 14.7. The van der Waals surface area contributed by atoms with Crippen LogP contribution in [0.4, 0.5) is 10.1 Å². The topological polar surface area (TPSA) is 60.0 Å². The molecule has 1 amide bonds. The minimum absolute atomic E-state index is 0.0784. The van der Waals surface area contributed by atoms with Gasteiger partial charge in [-0.05, 0) is 36.4 Å². The Kier molecular flexibility index (Phi) is 6.84. The zero-order chi connectivity index (χ0) is 19.8. The Bertz CT molecular complexity index is 786. The maximum Gasteiger partial charge on any atom is 0.251 e. The lowest BCUT2D eigenvalue weighted by atomic mass is 10.2. The van der Waals surface area contributed by atoms with E-state index in [0.717, 1.165) is 37.8 Å². The van der Waals surface area contributed by atoms with Gasteiger partial charge in [-0.1, -0.05) is 18.2 Å². The number of nitrogens with one attached hydrogen (secondary N) is 2. The van der Waals surface area contributed by atoms with Crippen molar-refractivity contribution in [2.45, 2.75) is 0 Å². The van der Waals surface area contributed by atoms with Gasteiger partial charge in [0.25, 0.3) is 5.91 Å². The lowest BCUT2D eigenvalue weighted by Gasteiger charge is -2.37. The van der Waals surface area contributed by atoms with Crippen LogP contribution in [0.2, 0.25) is 0 Å². The van der Waals surface area contributed by atoms with E-state index in [1.807, 2.05) is 30.3 Å². The van der Waals surface area contributed by atoms with Gasteiger partial charge < -0.3 is 20.4 Å². The summed E-state index contributed by atoms with van der Waals surface area (Å²) in [5, 5.41) is 6.20. The average Bonchev–Trinajstić information content (AvgIpc) is 2.75. The fraction of sp³-hybridized carbons (Fsp3) is 0.333. The van der Waals surface area contributed by atoms with Crippen molar-refractivity contribution in [3.8, 4) is 0 Å². The summed E-state index contributed by atoms with van der Waals surface area (Å²) in [6.45, 7) is 4.46. The molecule has 0 radical (unpaired) electrons. The summed E-state index contributed by atoms with van der Waals surface area (Å²) in [6, 6.07) is 15.8. The summed E-state index contributed by atoms with van der Waals surface area (Å²) in [5.74, 6) is 0.532. The van der Waals surface area contributed by atoms with E-state index in [9.17, 15) is 9.18 Å². The van der Waals surface area contributed by atoms with E-state index >= 15 is 0 Å². The number of hydrogen-bond donors (Lipinski definition) is 2. The SMILES string of the molecule is CN=C(NCCNC(=O)c1ccccc1)N1CCN(c2ccc(F)cc2)CC1. The molecule has 0 bridgehead atoms. The number of piperazine rings is 1. The van der Waals surface area contributed by atoms with E-state index in [2.05, 4.69) is 25.4 Å². The van der Waals surface area contributed by atoms with Crippen LogP contribution in [0, 0.1) is 5.82 Å². The Morgan fingerprint density at radius 3 is 2.25 bits per heavy atom. The molecule has 0 saturated carbocycles. The van der Waals surface area contributed by atoms with Crippen molar-refractivity contribution in [1.82, 2.24) is 15.5 Å². The van der Waals surface area contributed by atoms with E-state index in [-0.39, 0.29) is 11.7 Å². The first-order valence-electron chi connectivity index (χ1n) is 9.47. The maximum atomic E-state index is 13.1. The molecule has 0 spiro atoms. The molecule has 2 aromatic rings. The van der Waals surface area contributed by atoms with Crippen LogP contribution in [0.25, 0.3) is 0 Å². The first-order chi connectivity index (χ1) is 13.7. The van der Waals surface area contributed by atoms with Crippen LogP contribution in [0.15, 0.2) is 59.6 Å². The highest BCUT2D eigenvalue weighted by Crippen LogP contribution is 2.16. The molecular weight excluding hydrogens is 357 g/mol. The van der Waals surface area contributed by atoms with Crippen LogP contribution in [0.5, 0.6) is 0 Å². The molecule has 1 saturated heterocycles. The Morgan fingerprint density at radius 1 is 0.964 bits per heavy atom. The van der Waals surface area contributed by atoms with Gasteiger partial charge in [0.15, 0.2) is 5.96 Å². The van der Waals surface area contributed by atoms with Gasteiger partial charge in [-0.25, -0.2) is 4.39 Å². The van der Waals surface area contributed by atoms with E-state index in [0.29, 0.717) is 18.7 Å². The summed E-state index contributed by atoms with van der Waals surface area (Å²) in [7, 11) is 1.76. The van der Waals surface area contributed by atoms with Gasteiger partial charge in [0.1, 0.15) is 5.82 Å². The van der Waals surface area contributed by atoms with Crippen LogP contribution >= 0.6 is 0 Å². The molecule has 0 aliphatic carbocycles. The second-order valence-electron chi connectivity index (χ2n) is 6.55. The maximum absolute atomic E-state index is 13.1. The number of aliphatic imine (C=N–C) groups is 1. The third-order valence-electron chi connectivity index (χ3n) is 4.71. The highest BCUT2D eigenvalue weighted by atomic mass is 19.1.